The largest absolute Gasteiger partial charge is 0.326 e. The molecule has 0 spiro atoms. The fourth-order valence-electron chi connectivity index (χ4n) is 1.41. The molecule has 7 heteroatoms. The Balaban J connectivity index is 2.76. The van der Waals surface area contributed by atoms with Crippen LogP contribution in [0.15, 0.2) is 6.20 Å². The molecule has 0 aromatic carbocycles. The molecule has 0 aliphatic carbocycles. The number of nitrogens with zero attached hydrogens (tertiary/aromatic N) is 2. The summed E-state index contributed by atoms with van der Waals surface area (Å²) in [5.41, 5.74) is 6.21. The molecule has 0 saturated heterocycles. The zero-order valence-electron chi connectivity index (χ0n) is 11.4. The van der Waals surface area contributed by atoms with Gasteiger partial charge >= 0.3 is 0 Å². The molecule has 0 atom stereocenters. The van der Waals surface area contributed by atoms with Crippen molar-refractivity contribution in [2.45, 2.75) is 33.7 Å². The van der Waals surface area contributed by atoms with Gasteiger partial charge in [0, 0.05) is 25.4 Å². The lowest BCUT2D eigenvalue weighted by Crippen LogP contribution is -2.22. The molecule has 0 fully saturated rings. The van der Waals surface area contributed by atoms with Crippen molar-refractivity contribution in [3.63, 3.8) is 0 Å². The van der Waals surface area contributed by atoms with Crippen LogP contribution in [-0.4, -0.2) is 24.0 Å². The molecule has 1 aromatic rings. The zero-order chi connectivity index (χ0) is 14.0. The number of rotatable bonds is 5. The van der Waals surface area contributed by atoms with Gasteiger partial charge in [-0.2, -0.15) is 5.10 Å². The highest BCUT2D eigenvalue weighted by atomic mass is 32.2. The average molecular weight is 274 g/mol. The van der Waals surface area contributed by atoms with Crippen molar-refractivity contribution < 1.29 is 8.42 Å². The molecule has 0 aliphatic heterocycles. The molecular formula is C11H22N4O2S. The van der Waals surface area contributed by atoms with E-state index in [9.17, 15) is 8.42 Å². The first-order valence-electron chi connectivity index (χ1n) is 5.86. The van der Waals surface area contributed by atoms with Crippen LogP contribution in [0.3, 0.4) is 0 Å². The van der Waals surface area contributed by atoms with E-state index in [1.807, 2.05) is 20.8 Å². The topological polar surface area (TPSA) is 90.0 Å². The lowest BCUT2D eigenvalue weighted by Gasteiger charge is -2.17. The number of hydrogen-bond donors (Lipinski definition) is 2. The van der Waals surface area contributed by atoms with E-state index in [0.717, 1.165) is 0 Å². The van der Waals surface area contributed by atoms with Crippen molar-refractivity contribution in [1.29, 1.82) is 0 Å². The van der Waals surface area contributed by atoms with Crippen LogP contribution in [0.1, 0.15) is 32.8 Å². The van der Waals surface area contributed by atoms with Gasteiger partial charge in [-0.25, -0.2) is 8.42 Å². The smallest absolute Gasteiger partial charge is 0.233 e. The number of nitrogens with one attached hydrogen (secondary N) is 1. The zero-order valence-corrected chi connectivity index (χ0v) is 12.2. The summed E-state index contributed by atoms with van der Waals surface area (Å²) in [5, 5.41) is 4.06. The van der Waals surface area contributed by atoms with Gasteiger partial charge in [-0.3, -0.25) is 9.40 Å². The van der Waals surface area contributed by atoms with Gasteiger partial charge in [0.05, 0.1) is 5.75 Å². The number of aryl methyl sites for hydroxylation is 1. The van der Waals surface area contributed by atoms with Gasteiger partial charge in [-0.05, 0) is 11.8 Å². The SMILES string of the molecule is Cn1cc(CN)c(NS(=O)(=O)CCC(C)(C)C)n1. The second kappa shape index (κ2) is 5.27. The number of sulfonamides is 1. The summed E-state index contributed by atoms with van der Waals surface area (Å²) in [5.74, 6) is 0.408. The molecule has 3 N–H and O–H groups in total. The van der Waals surface area contributed by atoms with E-state index in [1.54, 1.807) is 17.9 Å². The van der Waals surface area contributed by atoms with Crippen LogP contribution in [0.25, 0.3) is 0 Å². The van der Waals surface area contributed by atoms with Gasteiger partial charge < -0.3 is 5.73 Å². The molecule has 18 heavy (non-hydrogen) atoms. The summed E-state index contributed by atoms with van der Waals surface area (Å²) in [7, 11) is -1.64. The van der Waals surface area contributed by atoms with Crippen LogP contribution >= 0.6 is 0 Å². The summed E-state index contributed by atoms with van der Waals surface area (Å²) in [6.07, 6.45) is 2.30. The van der Waals surface area contributed by atoms with Gasteiger partial charge in [0.2, 0.25) is 10.0 Å². The second-order valence-electron chi connectivity index (χ2n) is 5.61. The van der Waals surface area contributed by atoms with Crippen molar-refractivity contribution in [2.75, 3.05) is 10.5 Å². The standard InChI is InChI=1S/C11H22N4O2S/c1-11(2,3)5-6-18(16,17)14-10-9(7-12)8-15(4)13-10/h8H,5-7,12H2,1-4H3,(H,13,14). The molecule has 0 saturated carbocycles. The number of hydrogen-bond acceptors (Lipinski definition) is 4. The average Bonchev–Trinajstić information content (AvgIpc) is 2.54. The number of aromatic nitrogens is 2. The van der Waals surface area contributed by atoms with Crippen LogP contribution in [0.4, 0.5) is 5.82 Å². The second-order valence-corrected chi connectivity index (χ2v) is 7.45. The fraction of sp³-hybridized carbons (Fsp3) is 0.727. The third kappa shape index (κ3) is 4.66. The first-order chi connectivity index (χ1) is 8.13. The van der Waals surface area contributed by atoms with Gasteiger partial charge in [0.15, 0.2) is 5.82 Å². The van der Waals surface area contributed by atoms with Crippen LogP contribution in [0, 0.1) is 5.41 Å². The normalized spacial score (nSPS) is 12.7. The van der Waals surface area contributed by atoms with Crippen LogP contribution < -0.4 is 10.5 Å². The molecule has 104 valence electrons. The van der Waals surface area contributed by atoms with Crippen LogP contribution in [0.5, 0.6) is 0 Å². The molecule has 0 aliphatic rings. The van der Waals surface area contributed by atoms with E-state index in [0.29, 0.717) is 17.8 Å². The van der Waals surface area contributed by atoms with Crippen molar-refractivity contribution >= 4 is 15.8 Å². The van der Waals surface area contributed by atoms with Crippen LogP contribution in [0.2, 0.25) is 0 Å². The Kier molecular flexibility index (Phi) is 4.39. The minimum atomic E-state index is -3.37. The van der Waals surface area contributed by atoms with Crippen molar-refractivity contribution in [3.05, 3.63) is 11.8 Å². The Morgan fingerprint density at radius 2 is 2.06 bits per heavy atom. The molecule has 0 amide bonds. The predicted molar refractivity (Wildman–Crippen MR) is 72.6 cm³/mol. The van der Waals surface area contributed by atoms with Gasteiger partial charge in [-0.15, -0.1) is 0 Å². The quantitative estimate of drug-likeness (QED) is 0.840. The molecule has 0 unspecified atom stereocenters. The maximum absolute atomic E-state index is 11.9. The van der Waals surface area contributed by atoms with E-state index in [2.05, 4.69) is 9.82 Å². The van der Waals surface area contributed by atoms with E-state index in [-0.39, 0.29) is 17.7 Å². The highest BCUT2D eigenvalue weighted by Gasteiger charge is 2.19. The Bertz CT molecular complexity index is 500. The summed E-state index contributed by atoms with van der Waals surface area (Å²) in [4.78, 5) is 0. The Morgan fingerprint density at radius 1 is 1.44 bits per heavy atom. The summed E-state index contributed by atoms with van der Waals surface area (Å²) >= 11 is 0. The third-order valence-corrected chi connectivity index (χ3v) is 3.74. The minimum Gasteiger partial charge on any atom is -0.326 e. The summed E-state index contributed by atoms with van der Waals surface area (Å²) in [6, 6.07) is 0. The Hall–Kier alpha value is -1.08. The maximum Gasteiger partial charge on any atom is 0.233 e. The first kappa shape index (κ1) is 15.0. The highest BCUT2D eigenvalue weighted by molar-refractivity contribution is 7.92. The van der Waals surface area contributed by atoms with E-state index < -0.39 is 10.0 Å². The maximum atomic E-state index is 11.9. The Morgan fingerprint density at radius 3 is 2.56 bits per heavy atom. The molecule has 0 bridgehead atoms. The number of anilines is 1. The van der Waals surface area contributed by atoms with Crippen molar-refractivity contribution in [3.8, 4) is 0 Å². The van der Waals surface area contributed by atoms with E-state index in [1.165, 1.54) is 0 Å². The predicted octanol–water partition coefficient (Wildman–Crippen LogP) is 1.06. The van der Waals surface area contributed by atoms with Gasteiger partial charge in [0.1, 0.15) is 0 Å². The fourth-order valence-corrected chi connectivity index (χ4v) is 2.86. The van der Waals surface area contributed by atoms with E-state index >= 15 is 0 Å². The minimum absolute atomic E-state index is 0.0183. The highest BCUT2D eigenvalue weighted by Crippen LogP contribution is 2.20. The lowest BCUT2D eigenvalue weighted by atomic mass is 9.94. The molecule has 1 rings (SSSR count). The molecular weight excluding hydrogens is 252 g/mol. The van der Waals surface area contributed by atoms with Crippen LogP contribution in [-0.2, 0) is 23.6 Å². The first-order valence-corrected chi connectivity index (χ1v) is 7.51. The summed E-state index contributed by atoms with van der Waals surface area (Å²) < 4.78 is 27.9. The van der Waals surface area contributed by atoms with E-state index in [4.69, 9.17) is 5.73 Å². The number of nitrogens with two attached hydrogens (primary N) is 1. The lowest BCUT2D eigenvalue weighted by molar-refractivity contribution is 0.397. The van der Waals surface area contributed by atoms with Crippen molar-refractivity contribution in [1.82, 2.24) is 9.78 Å². The summed E-state index contributed by atoms with van der Waals surface area (Å²) in [6.45, 7) is 6.28. The third-order valence-electron chi connectivity index (χ3n) is 2.50. The molecule has 6 nitrogen and oxygen atoms in total. The van der Waals surface area contributed by atoms with Crippen molar-refractivity contribution in [2.24, 2.45) is 18.2 Å². The van der Waals surface area contributed by atoms with Gasteiger partial charge in [0.25, 0.3) is 0 Å². The van der Waals surface area contributed by atoms with Gasteiger partial charge in [-0.1, -0.05) is 20.8 Å². The Labute approximate surface area is 109 Å². The molecule has 1 aromatic heterocycles. The molecule has 1 heterocycles. The monoisotopic (exact) mass is 274 g/mol. The molecule has 0 radical (unpaired) electrons.